The number of hydrogen-bond acceptors (Lipinski definition) is 4. The summed E-state index contributed by atoms with van der Waals surface area (Å²) >= 11 is 0. The molecular weight excluding hydrogens is 256 g/mol. The van der Waals surface area contributed by atoms with Crippen LogP contribution < -0.4 is 5.73 Å². The van der Waals surface area contributed by atoms with Gasteiger partial charge in [0.05, 0.1) is 0 Å². The molecule has 1 rings (SSSR count). The molecule has 6 heteroatoms. The van der Waals surface area contributed by atoms with E-state index >= 15 is 0 Å². The molecule has 0 radical (unpaired) electrons. The lowest BCUT2D eigenvalue weighted by Gasteiger charge is -2.34. The second kappa shape index (κ2) is 8.50. The van der Waals surface area contributed by atoms with Crippen LogP contribution in [0.15, 0.2) is 25.3 Å². The molecule has 0 atom stereocenters. The summed E-state index contributed by atoms with van der Waals surface area (Å²) in [7, 11) is 0. The Hall–Kier alpha value is -1.66. The molecule has 1 heterocycles. The normalized spacial score (nSPS) is 15.8. The molecule has 0 saturated carbocycles. The fourth-order valence-electron chi connectivity index (χ4n) is 2.18. The van der Waals surface area contributed by atoms with Gasteiger partial charge in [0, 0.05) is 52.4 Å². The Balaban J connectivity index is 2.54. The highest BCUT2D eigenvalue weighted by atomic mass is 16.2. The highest BCUT2D eigenvalue weighted by molar-refractivity contribution is 6.35. The lowest BCUT2D eigenvalue weighted by molar-refractivity contribution is -0.152. The average molecular weight is 280 g/mol. The van der Waals surface area contributed by atoms with Crippen molar-refractivity contribution >= 4 is 11.8 Å². The minimum atomic E-state index is -0.489. The fraction of sp³-hybridized carbons (Fsp3) is 0.571. The van der Waals surface area contributed by atoms with Crippen LogP contribution in [0.4, 0.5) is 0 Å². The van der Waals surface area contributed by atoms with Gasteiger partial charge in [-0.1, -0.05) is 12.2 Å². The Bertz CT molecular complexity index is 352. The van der Waals surface area contributed by atoms with Gasteiger partial charge in [-0.25, -0.2) is 0 Å². The molecule has 1 fully saturated rings. The second-order valence-electron chi connectivity index (χ2n) is 4.71. The van der Waals surface area contributed by atoms with Crippen molar-refractivity contribution in [3.63, 3.8) is 0 Å². The number of carbonyl (C=O) groups excluding carboxylic acids is 2. The van der Waals surface area contributed by atoms with Crippen LogP contribution in [0.5, 0.6) is 0 Å². The van der Waals surface area contributed by atoms with Crippen LogP contribution in [0.2, 0.25) is 0 Å². The maximum atomic E-state index is 12.2. The second-order valence-corrected chi connectivity index (χ2v) is 4.71. The molecule has 0 unspecified atom stereocenters. The highest BCUT2D eigenvalue weighted by Gasteiger charge is 2.28. The van der Waals surface area contributed by atoms with Crippen molar-refractivity contribution in [2.45, 2.75) is 0 Å². The first kappa shape index (κ1) is 16.4. The van der Waals surface area contributed by atoms with Gasteiger partial charge in [0.25, 0.3) is 0 Å². The number of nitrogens with zero attached hydrogens (tertiary/aromatic N) is 3. The van der Waals surface area contributed by atoms with E-state index in [9.17, 15) is 9.59 Å². The van der Waals surface area contributed by atoms with Gasteiger partial charge >= 0.3 is 11.8 Å². The van der Waals surface area contributed by atoms with Gasteiger partial charge in [-0.3, -0.25) is 14.5 Å². The van der Waals surface area contributed by atoms with Crippen LogP contribution in [0.3, 0.4) is 0 Å². The molecule has 2 N–H and O–H groups in total. The van der Waals surface area contributed by atoms with Crippen molar-refractivity contribution in [3.8, 4) is 0 Å². The first-order valence-electron chi connectivity index (χ1n) is 6.86. The van der Waals surface area contributed by atoms with Gasteiger partial charge in [-0.15, -0.1) is 13.2 Å². The van der Waals surface area contributed by atoms with Crippen molar-refractivity contribution in [1.29, 1.82) is 0 Å². The molecule has 0 aromatic carbocycles. The maximum Gasteiger partial charge on any atom is 0.312 e. The Morgan fingerprint density at radius 1 is 1.10 bits per heavy atom. The molecule has 112 valence electrons. The minimum absolute atomic E-state index is 0.351. The van der Waals surface area contributed by atoms with Crippen molar-refractivity contribution in [2.75, 3.05) is 52.4 Å². The molecule has 0 aliphatic carbocycles. The Kier molecular flexibility index (Phi) is 6.97. The zero-order valence-electron chi connectivity index (χ0n) is 12.0. The number of amides is 2. The van der Waals surface area contributed by atoms with E-state index in [0.29, 0.717) is 32.7 Å². The molecular formula is C14H24N4O2. The summed E-state index contributed by atoms with van der Waals surface area (Å²) in [4.78, 5) is 29.6. The Morgan fingerprint density at radius 3 is 2.10 bits per heavy atom. The molecule has 6 nitrogen and oxygen atoms in total. The number of carbonyl (C=O) groups is 2. The largest absolute Gasteiger partial charge is 0.332 e. The van der Waals surface area contributed by atoms with Crippen molar-refractivity contribution in [1.82, 2.24) is 14.7 Å². The monoisotopic (exact) mass is 280 g/mol. The van der Waals surface area contributed by atoms with E-state index in [4.69, 9.17) is 5.73 Å². The molecule has 0 bridgehead atoms. The van der Waals surface area contributed by atoms with E-state index in [2.05, 4.69) is 18.1 Å². The van der Waals surface area contributed by atoms with E-state index in [1.54, 1.807) is 17.1 Å². The zero-order chi connectivity index (χ0) is 15.0. The average Bonchev–Trinajstić information content (AvgIpc) is 2.47. The van der Waals surface area contributed by atoms with Crippen molar-refractivity contribution in [3.05, 3.63) is 25.3 Å². The summed E-state index contributed by atoms with van der Waals surface area (Å²) in [6, 6.07) is 0. The van der Waals surface area contributed by atoms with Crippen LogP contribution in [-0.4, -0.2) is 78.9 Å². The highest BCUT2D eigenvalue weighted by Crippen LogP contribution is 2.04. The molecule has 1 aliphatic heterocycles. The summed E-state index contributed by atoms with van der Waals surface area (Å²) in [6.07, 6.45) is 3.21. The maximum absolute atomic E-state index is 12.2. The lowest BCUT2D eigenvalue weighted by atomic mass is 10.3. The Morgan fingerprint density at radius 2 is 1.65 bits per heavy atom. The number of hydrogen-bond donors (Lipinski definition) is 1. The quantitative estimate of drug-likeness (QED) is 0.515. The van der Waals surface area contributed by atoms with E-state index in [1.807, 2.05) is 0 Å². The van der Waals surface area contributed by atoms with Gasteiger partial charge < -0.3 is 15.5 Å². The third kappa shape index (κ3) is 4.47. The first-order chi connectivity index (χ1) is 9.63. The molecule has 1 aliphatic rings. The SMILES string of the molecule is C=CCN(CC=C)C(=O)C(=O)N1CCN(CCN)CC1. The van der Waals surface area contributed by atoms with Gasteiger partial charge in [0.1, 0.15) is 0 Å². The third-order valence-electron chi connectivity index (χ3n) is 3.27. The third-order valence-corrected chi connectivity index (χ3v) is 3.27. The molecule has 0 aromatic heterocycles. The van der Waals surface area contributed by atoms with Crippen molar-refractivity contribution in [2.24, 2.45) is 5.73 Å². The molecule has 0 aromatic rings. The number of nitrogens with two attached hydrogens (primary N) is 1. The van der Waals surface area contributed by atoms with Gasteiger partial charge in [0.15, 0.2) is 0 Å². The standard InChI is InChI=1S/C14H24N4O2/c1-3-6-17(7-4-2)13(19)14(20)18-11-9-16(8-5-15)10-12-18/h3-4H,1-2,5-12,15H2. The van der Waals surface area contributed by atoms with E-state index < -0.39 is 11.8 Å². The van der Waals surface area contributed by atoms with Crippen LogP contribution in [-0.2, 0) is 9.59 Å². The van der Waals surface area contributed by atoms with Gasteiger partial charge in [-0.2, -0.15) is 0 Å². The lowest BCUT2D eigenvalue weighted by Crippen LogP contribution is -2.53. The predicted octanol–water partition coefficient (Wildman–Crippen LogP) is -0.710. The first-order valence-corrected chi connectivity index (χ1v) is 6.86. The van der Waals surface area contributed by atoms with Crippen molar-refractivity contribution < 1.29 is 9.59 Å². The number of piperazine rings is 1. The minimum Gasteiger partial charge on any atom is -0.332 e. The van der Waals surface area contributed by atoms with Crippen LogP contribution in [0.25, 0.3) is 0 Å². The number of rotatable bonds is 6. The summed E-state index contributed by atoms with van der Waals surface area (Å²) in [5.41, 5.74) is 5.51. The topological polar surface area (TPSA) is 69.9 Å². The summed E-state index contributed by atoms with van der Waals surface area (Å²) in [6.45, 7) is 12.0. The molecule has 1 saturated heterocycles. The van der Waals surface area contributed by atoms with Gasteiger partial charge in [-0.05, 0) is 0 Å². The Labute approximate surface area is 120 Å². The molecule has 20 heavy (non-hydrogen) atoms. The summed E-state index contributed by atoms with van der Waals surface area (Å²) in [5.74, 6) is -0.932. The fourth-order valence-corrected chi connectivity index (χ4v) is 2.18. The van der Waals surface area contributed by atoms with Crippen LogP contribution in [0, 0.1) is 0 Å². The van der Waals surface area contributed by atoms with Crippen LogP contribution in [0.1, 0.15) is 0 Å². The van der Waals surface area contributed by atoms with Gasteiger partial charge in [0.2, 0.25) is 0 Å². The summed E-state index contributed by atoms with van der Waals surface area (Å²) < 4.78 is 0. The van der Waals surface area contributed by atoms with Crippen LogP contribution >= 0.6 is 0 Å². The predicted molar refractivity (Wildman–Crippen MR) is 79.0 cm³/mol. The van der Waals surface area contributed by atoms with E-state index in [0.717, 1.165) is 19.6 Å². The van der Waals surface area contributed by atoms with E-state index in [1.165, 1.54) is 4.90 Å². The smallest absolute Gasteiger partial charge is 0.312 e. The molecule has 0 spiro atoms. The summed E-state index contributed by atoms with van der Waals surface area (Å²) in [5, 5.41) is 0. The molecule has 2 amide bonds. The van der Waals surface area contributed by atoms with E-state index in [-0.39, 0.29) is 0 Å². The zero-order valence-corrected chi connectivity index (χ0v) is 12.0.